The van der Waals surface area contributed by atoms with Crippen molar-refractivity contribution < 1.29 is 14.3 Å². The smallest absolute Gasteiger partial charge is 0.331 e. The van der Waals surface area contributed by atoms with Crippen LogP contribution in [0.25, 0.3) is 6.08 Å². The summed E-state index contributed by atoms with van der Waals surface area (Å²) in [5.41, 5.74) is 1.62. The summed E-state index contributed by atoms with van der Waals surface area (Å²) in [6.07, 6.45) is 9.50. The Labute approximate surface area is 146 Å². The maximum absolute atomic E-state index is 11.7. The van der Waals surface area contributed by atoms with E-state index in [2.05, 4.69) is 10.9 Å². The van der Waals surface area contributed by atoms with Gasteiger partial charge in [-0.1, -0.05) is 35.7 Å². The molecule has 1 unspecified atom stereocenters. The molecule has 0 bridgehead atoms. The second-order valence-corrected chi connectivity index (χ2v) is 5.31. The minimum Gasteiger partial charge on any atom is -0.478 e. The fraction of sp³-hybridized carbons (Fsp3) is 0.158. The Balaban J connectivity index is 1.83. The quantitative estimate of drug-likeness (QED) is 0.346. The minimum atomic E-state index is -0.439. The van der Waals surface area contributed by atoms with Crippen molar-refractivity contribution >= 4 is 23.6 Å². The number of aromatic nitrogens is 1. The maximum atomic E-state index is 11.7. The molecule has 5 heteroatoms. The molecular weight excluding hydrogens is 326 g/mol. The van der Waals surface area contributed by atoms with Crippen LogP contribution in [0.3, 0.4) is 0 Å². The van der Waals surface area contributed by atoms with E-state index in [0.29, 0.717) is 10.9 Å². The van der Waals surface area contributed by atoms with E-state index in [1.54, 1.807) is 43.5 Å². The van der Waals surface area contributed by atoms with Gasteiger partial charge in [0.15, 0.2) is 6.10 Å². The first kappa shape index (κ1) is 17.6. The van der Waals surface area contributed by atoms with Crippen LogP contribution in [0.15, 0.2) is 48.7 Å². The van der Waals surface area contributed by atoms with Gasteiger partial charge in [-0.2, -0.15) is 0 Å². The van der Waals surface area contributed by atoms with Crippen LogP contribution in [0, 0.1) is 12.3 Å². The van der Waals surface area contributed by atoms with Crippen LogP contribution in [-0.4, -0.2) is 17.1 Å². The lowest BCUT2D eigenvalue weighted by Gasteiger charge is -2.09. The van der Waals surface area contributed by atoms with Crippen LogP contribution in [-0.2, 0) is 16.1 Å². The summed E-state index contributed by atoms with van der Waals surface area (Å²) >= 11 is 5.69. The topological polar surface area (TPSA) is 48.4 Å². The molecule has 2 aromatic rings. The van der Waals surface area contributed by atoms with Gasteiger partial charge in [-0.25, -0.2) is 9.78 Å². The summed E-state index contributed by atoms with van der Waals surface area (Å²) in [5.74, 6) is 2.72. The lowest BCUT2D eigenvalue weighted by molar-refractivity contribution is -0.138. The number of carbonyl (C=O) groups excluding carboxylic acids is 1. The largest absolute Gasteiger partial charge is 0.478 e. The van der Waals surface area contributed by atoms with Crippen LogP contribution in [0.2, 0.25) is 5.15 Å². The lowest BCUT2D eigenvalue weighted by atomic mass is 10.2. The molecule has 0 amide bonds. The Morgan fingerprint density at radius 3 is 2.71 bits per heavy atom. The fourth-order valence-corrected chi connectivity index (χ4v) is 1.87. The Morgan fingerprint density at radius 2 is 2.08 bits per heavy atom. The standard InChI is InChI=1S/C19H16ClNO3/c1-3-14(2)24-17-8-4-16(5-9-17)13-23-19(22)11-7-15-6-10-18(20)21-12-15/h1,4-12,14H,13H2,2H3/b11-7+. The predicted octanol–water partition coefficient (Wildman–Crippen LogP) is 3.89. The Morgan fingerprint density at radius 1 is 1.33 bits per heavy atom. The Kier molecular flexibility index (Phi) is 6.41. The summed E-state index contributed by atoms with van der Waals surface area (Å²) < 4.78 is 10.6. The van der Waals surface area contributed by atoms with E-state index in [1.165, 1.54) is 6.08 Å². The van der Waals surface area contributed by atoms with Crippen molar-refractivity contribution in [3.63, 3.8) is 0 Å². The van der Waals surface area contributed by atoms with Gasteiger partial charge in [-0.15, -0.1) is 6.42 Å². The molecule has 0 aliphatic carbocycles. The Hall–Kier alpha value is -2.77. The summed E-state index contributed by atoms with van der Waals surface area (Å²) in [7, 11) is 0. The zero-order chi connectivity index (χ0) is 17.4. The summed E-state index contributed by atoms with van der Waals surface area (Å²) in [6.45, 7) is 1.96. The number of pyridine rings is 1. The van der Waals surface area contributed by atoms with Gasteiger partial charge in [0.2, 0.25) is 0 Å². The van der Waals surface area contributed by atoms with Crippen molar-refractivity contribution in [1.29, 1.82) is 0 Å². The van der Waals surface area contributed by atoms with Gasteiger partial charge in [0, 0.05) is 12.3 Å². The highest BCUT2D eigenvalue weighted by Gasteiger charge is 2.02. The third-order valence-corrected chi connectivity index (χ3v) is 3.24. The van der Waals surface area contributed by atoms with Crippen molar-refractivity contribution in [2.75, 3.05) is 0 Å². The lowest BCUT2D eigenvalue weighted by Crippen LogP contribution is -2.08. The molecule has 2 rings (SSSR count). The van der Waals surface area contributed by atoms with Crippen LogP contribution in [0.5, 0.6) is 5.75 Å². The maximum Gasteiger partial charge on any atom is 0.331 e. The monoisotopic (exact) mass is 341 g/mol. The molecule has 1 heterocycles. The summed E-state index contributed by atoms with van der Waals surface area (Å²) in [6, 6.07) is 10.6. The van der Waals surface area contributed by atoms with Crippen LogP contribution < -0.4 is 4.74 Å². The minimum absolute atomic E-state index is 0.174. The number of terminal acetylenes is 1. The first-order valence-electron chi connectivity index (χ1n) is 7.25. The molecule has 1 aromatic heterocycles. The Bertz CT molecular complexity index is 746. The van der Waals surface area contributed by atoms with E-state index >= 15 is 0 Å². The number of benzene rings is 1. The highest BCUT2D eigenvalue weighted by Crippen LogP contribution is 2.14. The van der Waals surface area contributed by atoms with Gasteiger partial charge in [0.1, 0.15) is 17.5 Å². The molecule has 0 saturated carbocycles. The molecule has 1 aromatic carbocycles. The van der Waals surface area contributed by atoms with Gasteiger partial charge < -0.3 is 9.47 Å². The highest BCUT2D eigenvalue weighted by atomic mass is 35.5. The van der Waals surface area contributed by atoms with Crippen LogP contribution in [0.1, 0.15) is 18.1 Å². The SMILES string of the molecule is C#CC(C)Oc1ccc(COC(=O)/C=C/c2ccc(Cl)nc2)cc1. The molecule has 24 heavy (non-hydrogen) atoms. The normalized spacial score (nSPS) is 11.7. The van der Waals surface area contributed by atoms with Gasteiger partial charge in [-0.3, -0.25) is 0 Å². The highest BCUT2D eigenvalue weighted by molar-refractivity contribution is 6.29. The zero-order valence-electron chi connectivity index (χ0n) is 13.1. The molecule has 122 valence electrons. The van der Waals surface area contributed by atoms with Crippen molar-refractivity contribution in [3.8, 4) is 18.1 Å². The number of esters is 1. The molecule has 0 aliphatic heterocycles. The number of nitrogens with zero attached hydrogens (tertiary/aromatic N) is 1. The molecule has 0 N–H and O–H groups in total. The number of hydrogen-bond donors (Lipinski definition) is 0. The summed E-state index contributed by atoms with van der Waals surface area (Å²) in [4.78, 5) is 15.6. The molecular formula is C19H16ClNO3. The molecule has 1 atom stereocenters. The van der Waals surface area contributed by atoms with E-state index in [1.807, 2.05) is 12.1 Å². The van der Waals surface area contributed by atoms with Gasteiger partial charge in [0.05, 0.1) is 0 Å². The van der Waals surface area contributed by atoms with Crippen LogP contribution >= 0.6 is 11.6 Å². The average molecular weight is 342 g/mol. The molecule has 0 fully saturated rings. The van der Waals surface area contributed by atoms with Gasteiger partial charge in [-0.05, 0) is 42.3 Å². The van der Waals surface area contributed by atoms with Gasteiger partial charge in [0.25, 0.3) is 0 Å². The number of carbonyl (C=O) groups is 1. The van der Waals surface area contributed by atoms with Crippen LogP contribution in [0.4, 0.5) is 0 Å². The van der Waals surface area contributed by atoms with E-state index in [9.17, 15) is 4.79 Å². The van der Waals surface area contributed by atoms with Crippen molar-refractivity contribution in [3.05, 3.63) is 65.0 Å². The van der Waals surface area contributed by atoms with Crippen molar-refractivity contribution in [2.45, 2.75) is 19.6 Å². The molecule has 0 radical (unpaired) electrons. The van der Waals surface area contributed by atoms with Gasteiger partial charge >= 0.3 is 5.97 Å². The molecule has 0 aliphatic rings. The summed E-state index contributed by atoms with van der Waals surface area (Å²) in [5, 5.41) is 0.402. The third-order valence-electron chi connectivity index (χ3n) is 3.01. The number of ether oxygens (including phenoxy) is 2. The second kappa shape index (κ2) is 8.76. The van der Waals surface area contributed by atoms with E-state index < -0.39 is 5.97 Å². The van der Waals surface area contributed by atoms with E-state index in [4.69, 9.17) is 27.5 Å². The zero-order valence-corrected chi connectivity index (χ0v) is 13.9. The van der Waals surface area contributed by atoms with Crippen molar-refractivity contribution in [2.24, 2.45) is 0 Å². The predicted molar refractivity (Wildman–Crippen MR) is 93.4 cm³/mol. The average Bonchev–Trinajstić information content (AvgIpc) is 2.60. The molecule has 0 saturated heterocycles. The number of hydrogen-bond acceptors (Lipinski definition) is 4. The van der Waals surface area contributed by atoms with Crippen molar-refractivity contribution in [1.82, 2.24) is 4.98 Å². The number of rotatable bonds is 6. The fourth-order valence-electron chi connectivity index (χ4n) is 1.76. The van der Waals surface area contributed by atoms with E-state index in [-0.39, 0.29) is 12.7 Å². The third kappa shape index (κ3) is 5.79. The molecule has 0 spiro atoms. The first-order valence-corrected chi connectivity index (χ1v) is 7.63. The second-order valence-electron chi connectivity index (χ2n) is 4.93. The number of halogens is 1. The molecule has 4 nitrogen and oxygen atoms in total. The first-order chi connectivity index (χ1) is 11.6. The van der Waals surface area contributed by atoms with E-state index in [0.717, 1.165) is 11.1 Å².